The number of hydrogen-bond acceptors (Lipinski definition) is 1. The van der Waals surface area contributed by atoms with Crippen LogP contribution in [0, 0.1) is 13.8 Å². The molecule has 1 aliphatic heterocycles. The Labute approximate surface area is 102 Å². The van der Waals surface area contributed by atoms with Gasteiger partial charge >= 0.3 is 0 Å². The molecule has 2 heterocycles. The molecule has 0 atom stereocenters. The van der Waals surface area contributed by atoms with Crippen LogP contribution in [0.15, 0.2) is 30.3 Å². The highest BCUT2D eigenvalue weighted by Gasteiger charge is 2.15. The van der Waals surface area contributed by atoms with Gasteiger partial charge in [0.05, 0.1) is 5.69 Å². The van der Waals surface area contributed by atoms with E-state index in [4.69, 9.17) is 0 Å². The summed E-state index contributed by atoms with van der Waals surface area (Å²) >= 11 is 0. The number of fused-ring (bicyclic) bond motifs is 1. The standard InChI is InChI=1S/C15H18N2/c1-11-8-9-12(2)17(11)15-7-3-6-14-13(15)5-4-10-16-14/h3,6-9,16H,4-5,10H2,1-2H3. The van der Waals surface area contributed by atoms with Crippen molar-refractivity contribution < 1.29 is 0 Å². The second-order valence-corrected chi connectivity index (χ2v) is 4.79. The Bertz CT molecular complexity index is 533. The van der Waals surface area contributed by atoms with Gasteiger partial charge in [0.1, 0.15) is 0 Å². The first-order valence-corrected chi connectivity index (χ1v) is 6.28. The molecule has 88 valence electrons. The molecule has 1 N–H and O–H groups in total. The fraction of sp³-hybridized carbons (Fsp3) is 0.333. The zero-order chi connectivity index (χ0) is 11.8. The number of benzene rings is 1. The maximum absolute atomic E-state index is 3.49. The summed E-state index contributed by atoms with van der Waals surface area (Å²) in [5.41, 5.74) is 6.72. The van der Waals surface area contributed by atoms with Gasteiger partial charge in [-0.05, 0) is 56.5 Å². The Kier molecular flexibility index (Phi) is 2.43. The minimum atomic E-state index is 1.10. The van der Waals surface area contributed by atoms with Crippen molar-refractivity contribution in [2.45, 2.75) is 26.7 Å². The van der Waals surface area contributed by atoms with Crippen molar-refractivity contribution in [2.75, 3.05) is 11.9 Å². The molecular weight excluding hydrogens is 208 g/mol. The lowest BCUT2D eigenvalue weighted by molar-refractivity contribution is 0.813. The smallest absolute Gasteiger partial charge is 0.0507 e. The third-order valence-corrected chi connectivity index (χ3v) is 3.58. The Hall–Kier alpha value is -1.70. The molecule has 1 aromatic heterocycles. The minimum absolute atomic E-state index is 1.10. The molecule has 2 aromatic rings. The summed E-state index contributed by atoms with van der Waals surface area (Å²) in [4.78, 5) is 0. The molecule has 0 fully saturated rings. The average Bonchev–Trinajstić information content (AvgIpc) is 2.69. The van der Waals surface area contributed by atoms with E-state index in [0.717, 1.165) is 6.54 Å². The lowest BCUT2D eigenvalue weighted by Gasteiger charge is -2.22. The van der Waals surface area contributed by atoms with Crippen LogP contribution in [0.5, 0.6) is 0 Å². The van der Waals surface area contributed by atoms with Crippen molar-refractivity contribution in [3.8, 4) is 5.69 Å². The molecule has 2 heteroatoms. The predicted octanol–water partition coefficient (Wildman–Crippen LogP) is 3.45. The SMILES string of the molecule is Cc1ccc(C)n1-c1cccc2c1CCCN2. The molecular formula is C15H18N2. The van der Waals surface area contributed by atoms with Crippen LogP contribution in [0.4, 0.5) is 5.69 Å². The first-order chi connectivity index (χ1) is 8.27. The molecule has 0 spiro atoms. The van der Waals surface area contributed by atoms with Gasteiger partial charge in [-0.2, -0.15) is 0 Å². The van der Waals surface area contributed by atoms with E-state index in [-0.39, 0.29) is 0 Å². The Morgan fingerprint density at radius 2 is 1.82 bits per heavy atom. The molecule has 0 radical (unpaired) electrons. The van der Waals surface area contributed by atoms with Crippen LogP contribution in [0.25, 0.3) is 5.69 Å². The van der Waals surface area contributed by atoms with Gasteiger partial charge in [-0.15, -0.1) is 0 Å². The molecule has 0 saturated heterocycles. The molecule has 0 amide bonds. The predicted molar refractivity (Wildman–Crippen MR) is 72.1 cm³/mol. The number of aromatic nitrogens is 1. The van der Waals surface area contributed by atoms with Crippen molar-refractivity contribution in [2.24, 2.45) is 0 Å². The quantitative estimate of drug-likeness (QED) is 0.788. The first-order valence-electron chi connectivity index (χ1n) is 6.28. The van der Waals surface area contributed by atoms with Crippen LogP contribution in [0.1, 0.15) is 23.4 Å². The van der Waals surface area contributed by atoms with Gasteiger partial charge in [0.2, 0.25) is 0 Å². The van der Waals surface area contributed by atoms with E-state index in [1.807, 2.05) is 0 Å². The highest BCUT2D eigenvalue weighted by molar-refractivity contribution is 5.62. The molecule has 0 unspecified atom stereocenters. The summed E-state index contributed by atoms with van der Waals surface area (Å²) in [5, 5.41) is 3.49. The Balaban J connectivity index is 2.21. The highest BCUT2D eigenvalue weighted by atomic mass is 15.0. The highest BCUT2D eigenvalue weighted by Crippen LogP contribution is 2.29. The molecule has 17 heavy (non-hydrogen) atoms. The van der Waals surface area contributed by atoms with Gasteiger partial charge in [-0.1, -0.05) is 6.07 Å². The van der Waals surface area contributed by atoms with E-state index in [1.165, 1.54) is 41.2 Å². The molecule has 0 saturated carbocycles. The van der Waals surface area contributed by atoms with Gasteiger partial charge in [-0.3, -0.25) is 0 Å². The molecule has 0 aliphatic carbocycles. The number of anilines is 1. The number of nitrogens with zero attached hydrogens (tertiary/aromatic N) is 1. The summed E-state index contributed by atoms with van der Waals surface area (Å²) in [7, 11) is 0. The van der Waals surface area contributed by atoms with Crippen LogP contribution < -0.4 is 5.32 Å². The van der Waals surface area contributed by atoms with Gasteiger partial charge in [0.25, 0.3) is 0 Å². The molecule has 2 nitrogen and oxygen atoms in total. The second-order valence-electron chi connectivity index (χ2n) is 4.79. The van der Waals surface area contributed by atoms with Gasteiger partial charge in [0.15, 0.2) is 0 Å². The van der Waals surface area contributed by atoms with E-state index in [9.17, 15) is 0 Å². The van der Waals surface area contributed by atoms with Crippen molar-refractivity contribution in [1.82, 2.24) is 4.57 Å². The molecule has 1 aromatic carbocycles. The maximum atomic E-state index is 3.49. The van der Waals surface area contributed by atoms with E-state index >= 15 is 0 Å². The molecule has 0 bridgehead atoms. The molecule has 1 aliphatic rings. The van der Waals surface area contributed by atoms with E-state index in [1.54, 1.807) is 0 Å². The van der Waals surface area contributed by atoms with Crippen molar-refractivity contribution >= 4 is 5.69 Å². The van der Waals surface area contributed by atoms with E-state index < -0.39 is 0 Å². The van der Waals surface area contributed by atoms with E-state index in [2.05, 4.69) is 54.1 Å². The largest absolute Gasteiger partial charge is 0.385 e. The van der Waals surface area contributed by atoms with Crippen molar-refractivity contribution in [3.05, 3.63) is 47.3 Å². The third-order valence-electron chi connectivity index (χ3n) is 3.58. The summed E-state index contributed by atoms with van der Waals surface area (Å²) in [5.74, 6) is 0. The summed E-state index contributed by atoms with van der Waals surface area (Å²) in [6.45, 7) is 5.44. The number of rotatable bonds is 1. The lowest BCUT2D eigenvalue weighted by Crippen LogP contribution is -2.14. The monoisotopic (exact) mass is 226 g/mol. The first kappa shape index (κ1) is 10.5. The van der Waals surface area contributed by atoms with Crippen LogP contribution in [-0.2, 0) is 6.42 Å². The van der Waals surface area contributed by atoms with Crippen LogP contribution in [0.2, 0.25) is 0 Å². The normalized spacial score (nSPS) is 14.2. The fourth-order valence-corrected chi connectivity index (χ4v) is 2.75. The van der Waals surface area contributed by atoms with Crippen molar-refractivity contribution in [3.63, 3.8) is 0 Å². The topological polar surface area (TPSA) is 17.0 Å². The summed E-state index contributed by atoms with van der Waals surface area (Å²) < 4.78 is 2.35. The number of nitrogens with one attached hydrogen (secondary N) is 1. The lowest BCUT2D eigenvalue weighted by atomic mass is 10.0. The number of hydrogen-bond donors (Lipinski definition) is 1. The zero-order valence-electron chi connectivity index (χ0n) is 10.5. The van der Waals surface area contributed by atoms with Crippen LogP contribution >= 0.6 is 0 Å². The van der Waals surface area contributed by atoms with Gasteiger partial charge < -0.3 is 9.88 Å². The summed E-state index contributed by atoms with van der Waals surface area (Å²) in [6.07, 6.45) is 2.40. The van der Waals surface area contributed by atoms with Gasteiger partial charge in [-0.25, -0.2) is 0 Å². The fourth-order valence-electron chi connectivity index (χ4n) is 2.75. The average molecular weight is 226 g/mol. The number of aryl methyl sites for hydroxylation is 2. The van der Waals surface area contributed by atoms with Crippen LogP contribution in [0.3, 0.4) is 0 Å². The Morgan fingerprint density at radius 1 is 1.06 bits per heavy atom. The molecule has 3 rings (SSSR count). The van der Waals surface area contributed by atoms with Gasteiger partial charge in [0, 0.05) is 23.6 Å². The minimum Gasteiger partial charge on any atom is -0.385 e. The van der Waals surface area contributed by atoms with Crippen LogP contribution in [-0.4, -0.2) is 11.1 Å². The van der Waals surface area contributed by atoms with E-state index in [0.29, 0.717) is 0 Å². The second kappa shape index (κ2) is 3.95. The third kappa shape index (κ3) is 1.64. The van der Waals surface area contributed by atoms with Crippen molar-refractivity contribution in [1.29, 1.82) is 0 Å². The maximum Gasteiger partial charge on any atom is 0.0507 e. The summed E-state index contributed by atoms with van der Waals surface area (Å²) in [6, 6.07) is 10.9. The Morgan fingerprint density at radius 3 is 2.59 bits per heavy atom. The zero-order valence-corrected chi connectivity index (χ0v) is 10.5.